The number of hydrogen-bond donors (Lipinski definition) is 0. The highest BCUT2D eigenvalue weighted by molar-refractivity contribution is 5.39. The SMILES string of the molecule is CCc1ccccc1C1C=CC=C1. The average Bonchev–Trinajstić information content (AvgIpc) is 2.70. The van der Waals surface area contributed by atoms with E-state index in [1.54, 1.807) is 0 Å². The molecule has 0 aliphatic heterocycles. The standard InChI is InChI=1S/C13H14/c1-2-11-7-5-6-10-13(11)12-8-3-4-9-12/h3-10,12H,2H2,1H3. The van der Waals surface area contributed by atoms with Crippen LogP contribution in [-0.4, -0.2) is 0 Å². The van der Waals surface area contributed by atoms with E-state index in [4.69, 9.17) is 0 Å². The van der Waals surface area contributed by atoms with E-state index in [-0.39, 0.29) is 0 Å². The molecule has 66 valence electrons. The van der Waals surface area contributed by atoms with Gasteiger partial charge >= 0.3 is 0 Å². The van der Waals surface area contributed by atoms with Gasteiger partial charge in [-0.1, -0.05) is 55.5 Å². The Bertz CT molecular complexity index is 333. The first kappa shape index (κ1) is 8.31. The maximum Gasteiger partial charge on any atom is 0.0207 e. The van der Waals surface area contributed by atoms with E-state index in [2.05, 4.69) is 55.5 Å². The Morgan fingerprint density at radius 3 is 2.46 bits per heavy atom. The zero-order valence-corrected chi connectivity index (χ0v) is 7.90. The minimum Gasteiger partial charge on any atom is -0.0732 e. The molecule has 1 aromatic carbocycles. The van der Waals surface area contributed by atoms with Crippen molar-refractivity contribution in [2.45, 2.75) is 19.3 Å². The molecule has 0 aromatic heterocycles. The smallest absolute Gasteiger partial charge is 0.0207 e. The molecule has 0 unspecified atom stereocenters. The Balaban J connectivity index is 2.38. The van der Waals surface area contributed by atoms with Crippen LogP contribution >= 0.6 is 0 Å². The molecule has 0 radical (unpaired) electrons. The molecule has 1 aliphatic carbocycles. The number of hydrogen-bond acceptors (Lipinski definition) is 0. The summed E-state index contributed by atoms with van der Waals surface area (Å²) >= 11 is 0. The van der Waals surface area contributed by atoms with Gasteiger partial charge < -0.3 is 0 Å². The van der Waals surface area contributed by atoms with E-state index in [1.165, 1.54) is 11.1 Å². The second-order valence-electron chi connectivity index (χ2n) is 3.35. The number of allylic oxidation sites excluding steroid dienone is 4. The van der Waals surface area contributed by atoms with E-state index in [9.17, 15) is 0 Å². The van der Waals surface area contributed by atoms with Crippen molar-refractivity contribution in [3.63, 3.8) is 0 Å². The van der Waals surface area contributed by atoms with Gasteiger partial charge in [-0.15, -0.1) is 0 Å². The Kier molecular flexibility index (Phi) is 2.31. The molecule has 0 spiro atoms. The molecule has 0 saturated carbocycles. The molecule has 1 aliphatic rings. The summed E-state index contributed by atoms with van der Waals surface area (Å²) in [7, 11) is 0. The van der Waals surface area contributed by atoms with Gasteiger partial charge in [-0.3, -0.25) is 0 Å². The van der Waals surface area contributed by atoms with Gasteiger partial charge in [0.25, 0.3) is 0 Å². The average molecular weight is 170 g/mol. The van der Waals surface area contributed by atoms with Gasteiger partial charge in [-0.2, -0.15) is 0 Å². The van der Waals surface area contributed by atoms with Crippen LogP contribution < -0.4 is 0 Å². The first-order valence-electron chi connectivity index (χ1n) is 4.84. The third kappa shape index (κ3) is 1.57. The molecule has 0 heteroatoms. The van der Waals surface area contributed by atoms with Crippen LogP contribution in [0.5, 0.6) is 0 Å². The molecule has 1 aromatic rings. The van der Waals surface area contributed by atoms with E-state index in [1.807, 2.05) is 0 Å². The van der Waals surface area contributed by atoms with Crippen LogP contribution in [0.2, 0.25) is 0 Å². The van der Waals surface area contributed by atoms with Crippen LogP contribution in [0.1, 0.15) is 24.0 Å². The minimum atomic E-state index is 0.510. The normalized spacial score (nSPS) is 15.5. The van der Waals surface area contributed by atoms with Gasteiger partial charge in [-0.25, -0.2) is 0 Å². The highest BCUT2D eigenvalue weighted by Crippen LogP contribution is 2.26. The molecule has 0 saturated heterocycles. The zero-order chi connectivity index (χ0) is 9.10. The summed E-state index contributed by atoms with van der Waals surface area (Å²) in [6, 6.07) is 8.68. The van der Waals surface area contributed by atoms with E-state index < -0.39 is 0 Å². The maximum atomic E-state index is 2.24. The lowest BCUT2D eigenvalue weighted by atomic mass is 9.94. The first-order valence-corrected chi connectivity index (χ1v) is 4.84. The molecule has 2 rings (SSSR count). The summed E-state index contributed by atoms with van der Waals surface area (Å²) in [6.45, 7) is 2.21. The lowest BCUT2D eigenvalue weighted by Crippen LogP contribution is -1.95. The van der Waals surface area contributed by atoms with Crippen LogP contribution in [0.4, 0.5) is 0 Å². The van der Waals surface area contributed by atoms with Gasteiger partial charge in [0.1, 0.15) is 0 Å². The van der Waals surface area contributed by atoms with Crippen LogP contribution in [0.25, 0.3) is 0 Å². The Morgan fingerprint density at radius 1 is 1.08 bits per heavy atom. The van der Waals surface area contributed by atoms with Crippen LogP contribution in [0.15, 0.2) is 48.6 Å². The van der Waals surface area contributed by atoms with Gasteiger partial charge in [-0.05, 0) is 17.5 Å². The van der Waals surface area contributed by atoms with Gasteiger partial charge in [0.2, 0.25) is 0 Å². The molecule has 13 heavy (non-hydrogen) atoms. The van der Waals surface area contributed by atoms with Crippen LogP contribution in [-0.2, 0) is 6.42 Å². The molecule has 0 heterocycles. The Labute approximate surface area is 79.6 Å². The quantitative estimate of drug-likeness (QED) is 0.637. The molecule has 0 nitrogen and oxygen atoms in total. The van der Waals surface area contributed by atoms with Gasteiger partial charge in [0.15, 0.2) is 0 Å². The monoisotopic (exact) mass is 170 g/mol. The third-order valence-electron chi connectivity index (χ3n) is 2.54. The van der Waals surface area contributed by atoms with Gasteiger partial charge in [0, 0.05) is 5.92 Å². The van der Waals surface area contributed by atoms with Crippen molar-refractivity contribution in [1.29, 1.82) is 0 Å². The van der Waals surface area contributed by atoms with Crippen LogP contribution in [0.3, 0.4) is 0 Å². The van der Waals surface area contributed by atoms with Crippen molar-refractivity contribution in [1.82, 2.24) is 0 Å². The van der Waals surface area contributed by atoms with Crippen molar-refractivity contribution >= 4 is 0 Å². The molecule has 0 bridgehead atoms. The molecular weight excluding hydrogens is 156 g/mol. The Hall–Kier alpha value is -1.30. The fourth-order valence-electron chi connectivity index (χ4n) is 1.82. The lowest BCUT2D eigenvalue weighted by Gasteiger charge is -2.10. The summed E-state index contributed by atoms with van der Waals surface area (Å²) in [5.74, 6) is 0.510. The molecule has 0 N–H and O–H groups in total. The number of benzene rings is 1. The van der Waals surface area contributed by atoms with Gasteiger partial charge in [0.05, 0.1) is 0 Å². The van der Waals surface area contributed by atoms with Crippen LogP contribution in [0, 0.1) is 0 Å². The largest absolute Gasteiger partial charge is 0.0732 e. The molecule has 0 amide bonds. The third-order valence-corrected chi connectivity index (χ3v) is 2.54. The minimum absolute atomic E-state index is 0.510. The fourth-order valence-corrected chi connectivity index (χ4v) is 1.82. The predicted molar refractivity (Wildman–Crippen MR) is 56.8 cm³/mol. The lowest BCUT2D eigenvalue weighted by molar-refractivity contribution is 1.02. The second kappa shape index (κ2) is 3.61. The molecular formula is C13H14. The molecule has 0 atom stereocenters. The zero-order valence-electron chi connectivity index (χ0n) is 7.90. The van der Waals surface area contributed by atoms with E-state index in [0.29, 0.717) is 5.92 Å². The maximum absolute atomic E-state index is 2.24. The summed E-state index contributed by atoms with van der Waals surface area (Å²) in [6.07, 6.45) is 9.85. The van der Waals surface area contributed by atoms with Crippen molar-refractivity contribution in [3.8, 4) is 0 Å². The van der Waals surface area contributed by atoms with Crippen molar-refractivity contribution < 1.29 is 0 Å². The summed E-state index contributed by atoms with van der Waals surface area (Å²) in [5.41, 5.74) is 2.92. The highest BCUT2D eigenvalue weighted by atomic mass is 14.1. The summed E-state index contributed by atoms with van der Waals surface area (Å²) < 4.78 is 0. The summed E-state index contributed by atoms with van der Waals surface area (Å²) in [4.78, 5) is 0. The van der Waals surface area contributed by atoms with E-state index >= 15 is 0 Å². The second-order valence-corrected chi connectivity index (χ2v) is 3.35. The number of rotatable bonds is 2. The predicted octanol–water partition coefficient (Wildman–Crippen LogP) is 3.46. The Morgan fingerprint density at radius 2 is 1.77 bits per heavy atom. The summed E-state index contributed by atoms with van der Waals surface area (Å²) in [5, 5.41) is 0. The molecule has 0 fully saturated rings. The van der Waals surface area contributed by atoms with E-state index in [0.717, 1.165) is 6.42 Å². The van der Waals surface area contributed by atoms with Crippen molar-refractivity contribution in [3.05, 3.63) is 59.7 Å². The topological polar surface area (TPSA) is 0 Å². The highest BCUT2D eigenvalue weighted by Gasteiger charge is 2.09. The number of aryl methyl sites for hydroxylation is 1. The fraction of sp³-hybridized carbons (Fsp3) is 0.231. The van der Waals surface area contributed by atoms with Crippen molar-refractivity contribution in [2.75, 3.05) is 0 Å². The van der Waals surface area contributed by atoms with Crippen molar-refractivity contribution in [2.24, 2.45) is 0 Å². The first-order chi connectivity index (χ1) is 6.42.